The molecule has 20 heavy (non-hydrogen) atoms. The van der Waals surface area contributed by atoms with E-state index in [4.69, 9.17) is 16.7 Å². The molecular formula is C12H11ClN4O3. The normalized spacial score (nSPS) is 17.9. The SMILES string of the molecule is O=C(O)CC1N=C(N/N=C/c2ccc(Cl)cc2)NC1=O. The minimum atomic E-state index is -1.08. The van der Waals surface area contributed by atoms with Gasteiger partial charge in [0, 0.05) is 5.02 Å². The summed E-state index contributed by atoms with van der Waals surface area (Å²) in [4.78, 5) is 25.8. The fraction of sp³-hybridized carbons (Fsp3) is 0.167. The minimum absolute atomic E-state index is 0.131. The van der Waals surface area contributed by atoms with E-state index in [-0.39, 0.29) is 12.4 Å². The van der Waals surface area contributed by atoms with E-state index in [1.165, 1.54) is 6.21 Å². The van der Waals surface area contributed by atoms with Crippen LogP contribution >= 0.6 is 11.6 Å². The minimum Gasteiger partial charge on any atom is -0.481 e. The van der Waals surface area contributed by atoms with Crippen LogP contribution in [0.25, 0.3) is 0 Å². The Bertz CT molecular complexity index is 583. The largest absolute Gasteiger partial charge is 0.481 e. The molecule has 0 saturated heterocycles. The second kappa shape index (κ2) is 6.16. The van der Waals surface area contributed by atoms with Gasteiger partial charge in [0.05, 0.1) is 12.6 Å². The summed E-state index contributed by atoms with van der Waals surface area (Å²) in [5.74, 6) is -1.41. The lowest BCUT2D eigenvalue weighted by Gasteiger charge is -1.98. The average Bonchev–Trinajstić information content (AvgIpc) is 2.72. The second-order valence-electron chi connectivity index (χ2n) is 4.00. The number of benzene rings is 1. The van der Waals surface area contributed by atoms with Crippen molar-refractivity contribution in [3.8, 4) is 0 Å². The van der Waals surface area contributed by atoms with Crippen LogP contribution in [0.5, 0.6) is 0 Å². The van der Waals surface area contributed by atoms with E-state index < -0.39 is 17.9 Å². The maximum atomic E-state index is 11.4. The van der Waals surface area contributed by atoms with E-state index in [0.717, 1.165) is 5.56 Å². The number of carbonyl (C=O) groups excluding carboxylic acids is 1. The zero-order valence-electron chi connectivity index (χ0n) is 10.2. The van der Waals surface area contributed by atoms with Crippen molar-refractivity contribution in [2.75, 3.05) is 0 Å². The molecule has 0 aromatic heterocycles. The Morgan fingerprint density at radius 1 is 1.50 bits per heavy atom. The molecule has 8 heteroatoms. The molecule has 1 aromatic rings. The highest BCUT2D eigenvalue weighted by atomic mass is 35.5. The first-order valence-electron chi connectivity index (χ1n) is 5.69. The topological polar surface area (TPSA) is 103 Å². The molecular weight excluding hydrogens is 284 g/mol. The molecule has 0 spiro atoms. The van der Waals surface area contributed by atoms with Gasteiger partial charge in [-0.2, -0.15) is 5.10 Å². The molecule has 0 saturated carbocycles. The number of guanidine groups is 1. The van der Waals surface area contributed by atoms with Crippen LogP contribution in [-0.4, -0.2) is 35.2 Å². The van der Waals surface area contributed by atoms with Crippen LogP contribution in [0.2, 0.25) is 5.02 Å². The lowest BCUT2D eigenvalue weighted by atomic mass is 10.2. The Morgan fingerprint density at radius 2 is 2.20 bits per heavy atom. The number of nitrogens with one attached hydrogen (secondary N) is 2. The molecule has 1 aliphatic rings. The van der Waals surface area contributed by atoms with Crippen LogP contribution < -0.4 is 10.7 Å². The number of aliphatic imine (C=N–C) groups is 1. The number of nitrogens with zero attached hydrogens (tertiary/aromatic N) is 2. The number of rotatable bonds is 4. The molecule has 1 atom stereocenters. The van der Waals surface area contributed by atoms with E-state index in [2.05, 4.69) is 20.8 Å². The number of carbonyl (C=O) groups is 2. The second-order valence-corrected chi connectivity index (χ2v) is 4.44. The number of hydrogen-bond donors (Lipinski definition) is 3. The first-order valence-corrected chi connectivity index (χ1v) is 6.07. The van der Waals surface area contributed by atoms with Gasteiger partial charge in [-0.05, 0) is 17.7 Å². The highest BCUT2D eigenvalue weighted by Crippen LogP contribution is 2.08. The van der Waals surface area contributed by atoms with Crippen molar-refractivity contribution in [1.29, 1.82) is 0 Å². The maximum absolute atomic E-state index is 11.4. The van der Waals surface area contributed by atoms with Crippen molar-refractivity contribution < 1.29 is 14.7 Å². The third-order valence-corrected chi connectivity index (χ3v) is 2.70. The van der Waals surface area contributed by atoms with Crippen molar-refractivity contribution in [1.82, 2.24) is 10.7 Å². The van der Waals surface area contributed by atoms with Gasteiger partial charge in [-0.1, -0.05) is 23.7 Å². The molecule has 104 valence electrons. The number of halogens is 1. The summed E-state index contributed by atoms with van der Waals surface area (Å²) in [5.41, 5.74) is 3.35. The number of carboxylic acids is 1. The molecule has 1 aromatic carbocycles. The molecule has 0 radical (unpaired) electrons. The molecule has 0 fully saturated rings. The first-order chi connectivity index (χ1) is 9.54. The van der Waals surface area contributed by atoms with Crippen LogP contribution in [0.4, 0.5) is 0 Å². The van der Waals surface area contributed by atoms with Gasteiger partial charge in [-0.15, -0.1) is 0 Å². The Balaban J connectivity index is 1.92. The standard InChI is InChI=1S/C12H11ClN4O3/c13-8-3-1-7(2-4-8)6-14-17-12-15-9(5-10(18)19)11(20)16-12/h1-4,6,9H,5H2,(H,18,19)(H2,15,16,17,20)/b14-6+. The summed E-state index contributed by atoms with van der Waals surface area (Å²) in [5, 5.41) is 15.5. The average molecular weight is 295 g/mol. The first kappa shape index (κ1) is 14.0. The fourth-order valence-corrected chi connectivity index (χ4v) is 1.65. The van der Waals surface area contributed by atoms with Crippen LogP contribution in [0, 0.1) is 0 Å². The molecule has 7 nitrogen and oxygen atoms in total. The highest BCUT2D eigenvalue weighted by Gasteiger charge is 2.28. The molecule has 0 aliphatic carbocycles. The molecule has 2 rings (SSSR count). The van der Waals surface area contributed by atoms with Gasteiger partial charge >= 0.3 is 5.97 Å². The summed E-state index contributed by atoms with van der Waals surface area (Å²) < 4.78 is 0. The van der Waals surface area contributed by atoms with Crippen LogP contribution in [0.1, 0.15) is 12.0 Å². The van der Waals surface area contributed by atoms with Crippen LogP contribution in [0.3, 0.4) is 0 Å². The Kier molecular flexibility index (Phi) is 4.31. The third-order valence-electron chi connectivity index (χ3n) is 2.45. The summed E-state index contributed by atoms with van der Waals surface area (Å²) >= 11 is 5.75. The van der Waals surface area contributed by atoms with E-state index >= 15 is 0 Å². The Hall–Kier alpha value is -2.41. The van der Waals surface area contributed by atoms with Gasteiger partial charge in [0.15, 0.2) is 0 Å². The number of hydrogen-bond acceptors (Lipinski definition) is 5. The van der Waals surface area contributed by atoms with Crippen molar-refractivity contribution in [2.45, 2.75) is 12.5 Å². The number of carboxylic acid groups (broad SMARTS) is 1. The van der Waals surface area contributed by atoms with Gasteiger partial charge in [0.2, 0.25) is 5.96 Å². The van der Waals surface area contributed by atoms with Crippen molar-refractivity contribution >= 4 is 35.7 Å². The Labute approximate surface area is 119 Å². The summed E-state index contributed by atoms with van der Waals surface area (Å²) in [6.07, 6.45) is 1.17. The van der Waals surface area contributed by atoms with Crippen LogP contribution in [-0.2, 0) is 9.59 Å². The molecule has 1 aliphatic heterocycles. The zero-order chi connectivity index (χ0) is 14.5. The number of aliphatic carboxylic acids is 1. The lowest BCUT2D eigenvalue weighted by molar-refractivity contribution is -0.139. The summed E-state index contributed by atoms with van der Waals surface area (Å²) in [6.45, 7) is 0. The summed E-state index contributed by atoms with van der Waals surface area (Å²) in [7, 11) is 0. The predicted octanol–water partition coefficient (Wildman–Crippen LogP) is 0.593. The smallest absolute Gasteiger partial charge is 0.306 e. The van der Waals surface area contributed by atoms with Gasteiger partial charge in [0.1, 0.15) is 6.04 Å². The fourth-order valence-electron chi connectivity index (χ4n) is 1.52. The van der Waals surface area contributed by atoms with Gasteiger partial charge in [-0.3, -0.25) is 14.9 Å². The molecule has 0 bridgehead atoms. The van der Waals surface area contributed by atoms with E-state index in [0.29, 0.717) is 5.02 Å². The summed E-state index contributed by atoms with van der Waals surface area (Å²) in [6, 6.07) is 6.08. The molecule has 3 N–H and O–H groups in total. The van der Waals surface area contributed by atoms with E-state index in [1.807, 2.05) is 0 Å². The third kappa shape index (κ3) is 3.79. The quantitative estimate of drug-likeness (QED) is 0.558. The monoisotopic (exact) mass is 294 g/mol. The van der Waals surface area contributed by atoms with E-state index in [1.54, 1.807) is 24.3 Å². The van der Waals surface area contributed by atoms with Gasteiger partial charge < -0.3 is 5.11 Å². The van der Waals surface area contributed by atoms with E-state index in [9.17, 15) is 9.59 Å². The maximum Gasteiger partial charge on any atom is 0.306 e. The van der Waals surface area contributed by atoms with Crippen molar-refractivity contribution in [2.24, 2.45) is 10.1 Å². The predicted molar refractivity (Wildman–Crippen MR) is 73.8 cm³/mol. The van der Waals surface area contributed by atoms with Crippen LogP contribution in [0.15, 0.2) is 34.4 Å². The Morgan fingerprint density at radius 3 is 2.85 bits per heavy atom. The number of hydrazone groups is 1. The molecule has 1 amide bonds. The molecule has 1 heterocycles. The number of amides is 1. The van der Waals surface area contributed by atoms with Crippen molar-refractivity contribution in [3.05, 3.63) is 34.9 Å². The molecule has 1 unspecified atom stereocenters. The van der Waals surface area contributed by atoms with Gasteiger partial charge in [0.25, 0.3) is 5.91 Å². The van der Waals surface area contributed by atoms with Crippen molar-refractivity contribution in [3.63, 3.8) is 0 Å². The zero-order valence-corrected chi connectivity index (χ0v) is 11.0. The highest BCUT2D eigenvalue weighted by molar-refractivity contribution is 6.30. The van der Waals surface area contributed by atoms with Gasteiger partial charge in [-0.25, -0.2) is 10.4 Å². The lowest BCUT2D eigenvalue weighted by Crippen LogP contribution is -2.35.